The summed E-state index contributed by atoms with van der Waals surface area (Å²) in [7, 11) is -3.59. The van der Waals surface area contributed by atoms with Crippen molar-refractivity contribution in [3.63, 3.8) is 0 Å². The number of piperazine rings is 1. The fourth-order valence-corrected chi connectivity index (χ4v) is 5.56. The molecule has 1 aromatic heterocycles. The minimum Gasteiger partial charge on any atom is -0.336 e. The molecule has 1 aromatic carbocycles. The van der Waals surface area contributed by atoms with E-state index in [1.807, 2.05) is 19.9 Å². The van der Waals surface area contributed by atoms with Crippen LogP contribution in [0.4, 0.5) is 0 Å². The molecule has 1 amide bonds. The van der Waals surface area contributed by atoms with Gasteiger partial charge in [0.15, 0.2) is 0 Å². The van der Waals surface area contributed by atoms with E-state index in [2.05, 4.69) is 0 Å². The molecule has 0 aliphatic carbocycles. The Morgan fingerprint density at radius 2 is 1.80 bits per heavy atom. The number of aryl methyl sites for hydroxylation is 2. The minimum absolute atomic E-state index is 0.0262. The number of amides is 1. The Labute approximate surface area is 156 Å². The lowest BCUT2D eigenvalue weighted by atomic mass is 10.2. The van der Waals surface area contributed by atoms with Gasteiger partial charge in [-0.2, -0.15) is 4.31 Å². The molecule has 0 N–H and O–H groups in total. The Morgan fingerprint density at radius 3 is 2.36 bits per heavy atom. The first-order valence-electron chi connectivity index (χ1n) is 7.91. The highest BCUT2D eigenvalue weighted by Crippen LogP contribution is 2.24. The van der Waals surface area contributed by atoms with Crippen LogP contribution >= 0.6 is 22.9 Å². The van der Waals surface area contributed by atoms with Crippen LogP contribution in [-0.2, 0) is 10.0 Å². The summed E-state index contributed by atoms with van der Waals surface area (Å²) < 4.78 is 26.8. The number of carbonyl (C=O) groups is 1. The molecule has 8 heteroatoms. The number of carbonyl (C=O) groups excluding carboxylic acids is 1. The largest absolute Gasteiger partial charge is 0.336 e. The van der Waals surface area contributed by atoms with Crippen molar-refractivity contribution in [1.29, 1.82) is 0 Å². The number of thiophene rings is 1. The molecular weight excluding hydrogens is 380 g/mol. The van der Waals surface area contributed by atoms with Crippen molar-refractivity contribution in [2.24, 2.45) is 0 Å². The van der Waals surface area contributed by atoms with Crippen molar-refractivity contribution in [3.8, 4) is 0 Å². The number of nitrogens with zero attached hydrogens (tertiary/aromatic N) is 2. The van der Waals surface area contributed by atoms with Gasteiger partial charge in [0.05, 0.1) is 10.5 Å². The summed E-state index contributed by atoms with van der Waals surface area (Å²) in [5, 5.41) is 0.387. The minimum atomic E-state index is -3.59. The highest BCUT2D eigenvalue weighted by Gasteiger charge is 2.31. The number of hydrogen-bond donors (Lipinski definition) is 0. The molecule has 0 saturated carbocycles. The maximum atomic E-state index is 12.7. The normalized spacial score (nSPS) is 16.2. The molecule has 2 aromatic rings. The van der Waals surface area contributed by atoms with Gasteiger partial charge in [-0.15, -0.1) is 11.3 Å². The molecule has 0 unspecified atom stereocenters. The molecule has 0 radical (unpaired) electrons. The zero-order valence-electron chi connectivity index (χ0n) is 14.0. The summed E-state index contributed by atoms with van der Waals surface area (Å²) in [6, 6.07) is 8.15. The molecule has 1 aliphatic rings. The lowest BCUT2D eigenvalue weighted by molar-refractivity contribution is 0.0697. The second-order valence-corrected chi connectivity index (χ2v) is 9.82. The first kappa shape index (κ1) is 18.4. The third-order valence-corrected chi connectivity index (χ3v) is 7.33. The third kappa shape index (κ3) is 3.74. The standard InChI is InChI=1S/C17H19ClN2O3S2/c1-12-10-16(13(2)24-12)17(21)19-6-8-20(9-7-19)25(22,23)15-5-3-4-14(18)11-15/h3-5,10-11H,6-9H2,1-2H3. The molecule has 1 saturated heterocycles. The summed E-state index contributed by atoms with van der Waals surface area (Å²) >= 11 is 7.50. The van der Waals surface area contributed by atoms with E-state index in [1.54, 1.807) is 28.4 Å². The summed E-state index contributed by atoms with van der Waals surface area (Å²) in [6.45, 7) is 5.24. The Kier molecular flexibility index (Phi) is 5.20. The van der Waals surface area contributed by atoms with E-state index in [0.717, 1.165) is 9.75 Å². The predicted molar refractivity (Wildman–Crippen MR) is 99.9 cm³/mol. The van der Waals surface area contributed by atoms with E-state index < -0.39 is 10.0 Å². The first-order valence-corrected chi connectivity index (χ1v) is 10.5. The number of benzene rings is 1. The molecule has 0 atom stereocenters. The maximum absolute atomic E-state index is 12.7. The van der Waals surface area contributed by atoms with Crippen molar-refractivity contribution in [2.75, 3.05) is 26.2 Å². The Hall–Kier alpha value is -1.41. The number of halogens is 1. The highest BCUT2D eigenvalue weighted by molar-refractivity contribution is 7.89. The van der Waals surface area contributed by atoms with E-state index >= 15 is 0 Å². The van der Waals surface area contributed by atoms with Crippen molar-refractivity contribution in [2.45, 2.75) is 18.7 Å². The average Bonchev–Trinajstić information content (AvgIpc) is 2.92. The van der Waals surface area contributed by atoms with Gasteiger partial charge in [-0.25, -0.2) is 8.42 Å². The summed E-state index contributed by atoms with van der Waals surface area (Å²) in [5.41, 5.74) is 0.716. The van der Waals surface area contributed by atoms with Crippen LogP contribution in [0.5, 0.6) is 0 Å². The second-order valence-electron chi connectivity index (χ2n) is 5.98. The lowest BCUT2D eigenvalue weighted by Crippen LogP contribution is -2.50. The van der Waals surface area contributed by atoms with Gasteiger partial charge in [0.25, 0.3) is 5.91 Å². The number of rotatable bonds is 3. The molecule has 1 aliphatic heterocycles. The third-order valence-electron chi connectivity index (χ3n) is 4.23. The molecule has 2 heterocycles. The van der Waals surface area contributed by atoms with Crippen LogP contribution in [0.3, 0.4) is 0 Å². The predicted octanol–water partition coefficient (Wildman–Crippen LogP) is 3.17. The van der Waals surface area contributed by atoms with Gasteiger partial charge in [-0.1, -0.05) is 17.7 Å². The van der Waals surface area contributed by atoms with Crippen molar-refractivity contribution in [1.82, 2.24) is 9.21 Å². The van der Waals surface area contributed by atoms with E-state index in [1.165, 1.54) is 16.4 Å². The fourth-order valence-electron chi connectivity index (χ4n) is 2.92. The smallest absolute Gasteiger partial charge is 0.255 e. The van der Waals surface area contributed by atoms with Gasteiger partial charge < -0.3 is 4.90 Å². The summed E-state index contributed by atoms with van der Waals surface area (Å²) in [5.74, 6) is -0.0262. The van der Waals surface area contributed by atoms with Gasteiger partial charge in [-0.3, -0.25) is 4.79 Å². The SMILES string of the molecule is Cc1cc(C(=O)N2CCN(S(=O)(=O)c3cccc(Cl)c3)CC2)c(C)s1. The molecule has 1 fully saturated rings. The van der Waals surface area contributed by atoms with Gasteiger partial charge in [0.2, 0.25) is 10.0 Å². The quantitative estimate of drug-likeness (QED) is 0.797. The topological polar surface area (TPSA) is 57.7 Å². The van der Waals surface area contributed by atoms with E-state index in [-0.39, 0.29) is 23.9 Å². The molecule has 25 heavy (non-hydrogen) atoms. The van der Waals surface area contributed by atoms with Gasteiger partial charge >= 0.3 is 0 Å². The second kappa shape index (κ2) is 7.07. The monoisotopic (exact) mass is 398 g/mol. The van der Waals surface area contributed by atoms with E-state index in [0.29, 0.717) is 23.7 Å². The van der Waals surface area contributed by atoms with Crippen LogP contribution in [0.1, 0.15) is 20.1 Å². The lowest BCUT2D eigenvalue weighted by Gasteiger charge is -2.34. The Morgan fingerprint density at radius 1 is 1.12 bits per heavy atom. The summed E-state index contributed by atoms with van der Waals surface area (Å²) in [6.07, 6.45) is 0. The van der Waals surface area contributed by atoms with Gasteiger partial charge in [-0.05, 0) is 38.1 Å². The molecule has 0 bridgehead atoms. The van der Waals surface area contributed by atoms with Gasteiger partial charge in [0, 0.05) is 41.0 Å². The first-order chi connectivity index (χ1) is 11.8. The molecule has 134 valence electrons. The van der Waals surface area contributed by atoms with Crippen molar-refractivity contribution < 1.29 is 13.2 Å². The maximum Gasteiger partial charge on any atom is 0.255 e. The molecule has 3 rings (SSSR count). The zero-order chi connectivity index (χ0) is 18.2. The van der Waals surface area contributed by atoms with Crippen LogP contribution in [0.15, 0.2) is 35.2 Å². The van der Waals surface area contributed by atoms with E-state index in [4.69, 9.17) is 11.6 Å². The van der Waals surface area contributed by atoms with Crippen LogP contribution in [0, 0.1) is 13.8 Å². The molecular formula is C17H19ClN2O3S2. The fraction of sp³-hybridized carbons (Fsp3) is 0.353. The number of hydrogen-bond acceptors (Lipinski definition) is 4. The summed E-state index contributed by atoms with van der Waals surface area (Å²) in [4.78, 5) is 16.7. The Bertz CT molecular complexity index is 900. The Balaban J connectivity index is 1.71. The zero-order valence-corrected chi connectivity index (χ0v) is 16.4. The molecule has 5 nitrogen and oxygen atoms in total. The van der Waals surface area contributed by atoms with Crippen molar-refractivity contribution in [3.05, 3.63) is 50.7 Å². The highest BCUT2D eigenvalue weighted by atomic mass is 35.5. The van der Waals surface area contributed by atoms with Crippen LogP contribution in [-0.4, -0.2) is 49.7 Å². The molecule has 0 spiro atoms. The van der Waals surface area contributed by atoms with Crippen LogP contribution in [0.2, 0.25) is 5.02 Å². The van der Waals surface area contributed by atoms with Gasteiger partial charge in [0.1, 0.15) is 0 Å². The number of sulfonamides is 1. The van der Waals surface area contributed by atoms with Crippen LogP contribution in [0.25, 0.3) is 0 Å². The van der Waals surface area contributed by atoms with E-state index in [9.17, 15) is 13.2 Å². The van der Waals surface area contributed by atoms with Crippen LogP contribution < -0.4 is 0 Å². The van der Waals surface area contributed by atoms with Crippen molar-refractivity contribution >= 4 is 38.9 Å². The average molecular weight is 399 g/mol.